The maximum Gasteiger partial charge on any atom is 0.336 e. The van der Waals surface area contributed by atoms with Crippen molar-refractivity contribution in [1.82, 2.24) is 4.98 Å². The van der Waals surface area contributed by atoms with Crippen molar-refractivity contribution >= 4 is 44.2 Å². The highest BCUT2D eigenvalue weighted by Gasteiger charge is 2.23. The van der Waals surface area contributed by atoms with Crippen LogP contribution in [0.25, 0.3) is 10.9 Å². The Morgan fingerprint density at radius 1 is 1.23 bits per heavy atom. The number of esters is 1. The Balaban J connectivity index is 2.12. The van der Waals surface area contributed by atoms with Crippen LogP contribution in [-0.4, -0.2) is 37.8 Å². The van der Waals surface area contributed by atoms with Crippen molar-refractivity contribution in [3.63, 3.8) is 0 Å². The van der Waals surface area contributed by atoms with E-state index in [2.05, 4.69) is 21.0 Å². The maximum atomic E-state index is 11.9. The summed E-state index contributed by atoms with van der Waals surface area (Å²) in [5, 5.41) is 10.9. The van der Waals surface area contributed by atoms with Crippen molar-refractivity contribution < 1.29 is 27.8 Å². The van der Waals surface area contributed by atoms with Crippen molar-refractivity contribution in [2.75, 3.05) is 18.1 Å². The number of rotatable bonds is 7. The van der Waals surface area contributed by atoms with Crippen molar-refractivity contribution in [3.05, 3.63) is 71.4 Å². The fourth-order valence-electron chi connectivity index (χ4n) is 2.80. The number of benzene rings is 2. The largest absolute Gasteiger partial charge is 0.466 e. The number of fused-ring (bicyclic) bond motifs is 1. The molecule has 3 aromatic rings. The number of aromatic nitrogens is 1. The third-order valence-electron chi connectivity index (χ3n) is 4.24. The van der Waals surface area contributed by atoms with Gasteiger partial charge in [0.25, 0.3) is 0 Å². The maximum absolute atomic E-state index is 11.9. The second-order valence-corrected chi connectivity index (χ2v) is 8.72. The van der Waals surface area contributed by atoms with Crippen molar-refractivity contribution in [2.24, 2.45) is 0 Å². The average molecular weight is 463 g/mol. The molecule has 2 aromatic carbocycles. The van der Waals surface area contributed by atoms with E-state index in [1.807, 2.05) is 6.07 Å². The first-order valence-corrected chi connectivity index (χ1v) is 11.2. The number of halogens is 1. The molecule has 0 spiro atoms. The van der Waals surface area contributed by atoms with Gasteiger partial charge in [-0.2, -0.15) is 0 Å². The molecule has 0 amide bonds. The van der Waals surface area contributed by atoms with E-state index in [9.17, 15) is 18.3 Å². The van der Waals surface area contributed by atoms with Crippen molar-refractivity contribution in [3.8, 4) is 11.5 Å². The highest BCUT2D eigenvalue weighted by atomic mass is 35.5. The summed E-state index contributed by atoms with van der Waals surface area (Å²) in [7, 11) is -2.46. The Morgan fingerprint density at radius 3 is 2.52 bits per heavy atom. The number of methoxy groups -OCH3 is 1. The van der Waals surface area contributed by atoms with Crippen LogP contribution >= 0.6 is 11.6 Å². The number of sulfonamides is 1. The van der Waals surface area contributed by atoms with Crippen LogP contribution in [0.4, 0.5) is 5.69 Å². The quantitative estimate of drug-likeness (QED) is 0.311. The van der Waals surface area contributed by atoms with Gasteiger partial charge in [-0.25, -0.2) is 18.2 Å². The molecule has 2 N–H and O–H groups in total. The molecule has 1 atom stereocenters. The van der Waals surface area contributed by atoms with Gasteiger partial charge in [0.1, 0.15) is 17.0 Å². The lowest BCUT2D eigenvalue weighted by atomic mass is 10.0. The van der Waals surface area contributed by atoms with Gasteiger partial charge >= 0.3 is 5.97 Å². The minimum absolute atomic E-state index is 0.0560. The number of nitrogens with one attached hydrogen (secondary N) is 1. The Labute approximate surface area is 184 Å². The molecule has 0 aliphatic rings. The molecule has 0 aliphatic carbocycles. The highest BCUT2D eigenvalue weighted by Crippen LogP contribution is 2.37. The van der Waals surface area contributed by atoms with Crippen LogP contribution in [0, 0.1) is 0 Å². The van der Waals surface area contributed by atoms with Crippen LogP contribution in [0.1, 0.15) is 11.7 Å². The smallest absolute Gasteiger partial charge is 0.336 e. The van der Waals surface area contributed by atoms with Gasteiger partial charge in [-0.05, 0) is 24.3 Å². The Kier molecular flexibility index (Phi) is 6.49. The zero-order valence-electron chi connectivity index (χ0n) is 16.6. The molecule has 0 saturated carbocycles. The highest BCUT2D eigenvalue weighted by molar-refractivity contribution is 7.92. The molecule has 0 aliphatic heterocycles. The predicted octanol–water partition coefficient (Wildman–Crippen LogP) is 3.81. The van der Waals surface area contributed by atoms with Crippen molar-refractivity contribution in [2.45, 2.75) is 6.10 Å². The predicted molar refractivity (Wildman–Crippen MR) is 118 cm³/mol. The fourth-order valence-corrected chi connectivity index (χ4v) is 3.61. The standard InChI is InChI=1S/C21H19ClN2O6S/c1-12(21(26)29-2)19(25)15-9-13-10-17(24-31(3,27)28)18(11-16(13)23-20(15)22)30-14-7-5-4-6-8-14/h4-11,19,24-25H,1H2,2-3H3. The van der Waals surface area contributed by atoms with Crippen LogP contribution in [-0.2, 0) is 19.6 Å². The molecule has 0 radical (unpaired) electrons. The summed E-state index contributed by atoms with van der Waals surface area (Å²) < 4.78 is 36.5. The molecule has 8 nitrogen and oxygen atoms in total. The van der Waals surface area contributed by atoms with Crippen LogP contribution in [0.3, 0.4) is 0 Å². The van der Waals surface area contributed by atoms with Gasteiger partial charge in [-0.1, -0.05) is 36.4 Å². The van der Waals surface area contributed by atoms with E-state index in [-0.39, 0.29) is 27.7 Å². The summed E-state index contributed by atoms with van der Waals surface area (Å²) in [6.07, 6.45) is -0.442. The molecular weight excluding hydrogens is 444 g/mol. The fraction of sp³-hybridized carbons (Fsp3) is 0.143. The second kappa shape index (κ2) is 8.93. The van der Waals surface area contributed by atoms with E-state index in [1.54, 1.807) is 24.3 Å². The van der Waals surface area contributed by atoms with E-state index >= 15 is 0 Å². The average Bonchev–Trinajstić information content (AvgIpc) is 2.72. The second-order valence-electron chi connectivity index (χ2n) is 6.62. The van der Waals surface area contributed by atoms with Gasteiger partial charge in [0.2, 0.25) is 10.0 Å². The molecule has 1 heterocycles. The monoisotopic (exact) mass is 462 g/mol. The summed E-state index contributed by atoms with van der Waals surface area (Å²) in [6, 6.07) is 13.3. The molecule has 0 fully saturated rings. The molecule has 0 saturated heterocycles. The SMILES string of the molecule is C=C(C(=O)OC)C(O)c1cc2cc(NS(C)(=O)=O)c(Oc3ccccc3)cc2nc1Cl. The third-order valence-corrected chi connectivity index (χ3v) is 5.13. The number of anilines is 1. The summed E-state index contributed by atoms with van der Waals surface area (Å²) in [5.74, 6) is -0.0967. The molecular formula is C21H19ClN2O6S. The molecule has 162 valence electrons. The first-order chi connectivity index (χ1) is 14.6. The molecule has 31 heavy (non-hydrogen) atoms. The van der Waals surface area contributed by atoms with Crippen LogP contribution < -0.4 is 9.46 Å². The summed E-state index contributed by atoms with van der Waals surface area (Å²) in [4.78, 5) is 16.0. The topological polar surface area (TPSA) is 115 Å². The number of aliphatic hydroxyl groups is 1. The minimum atomic E-state index is -3.62. The lowest BCUT2D eigenvalue weighted by molar-refractivity contribution is -0.137. The van der Waals surface area contributed by atoms with Gasteiger partial charge in [0.15, 0.2) is 5.75 Å². The Bertz CT molecular complexity index is 1260. The number of hydrogen-bond donors (Lipinski definition) is 2. The number of hydrogen-bond acceptors (Lipinski definition) is 7. The van der Waals surface area contributed by atoms with Gasteiger partial charge in [-0.3, -0.25) is 4.72 Å². The number of carbonyl (C=O) groups is 1. The van der Waals surface area contributed by atoms with Gasteiger partial charge < -0.3 is 14.6 Å². The van der Waals surface area contributed by atoms with E-state index in [0.29, 0.717) is 16.7 Å². The summed E-state index contributed by atoms with van der Waals surface area (Å²) >= 11 is 6.23. The number of nitrogens with zero attached hydrogens (tertiary/aromatic N) is 1. The Hall–Kier alpha value is -3.14. The minimum Gasteiger partial charge on any atom is -0.466 e. The van der Waals surface area contributed by atoms with Crippen LogP contribution in [0.5, 0.6) is 11.5 Å². The van der Waals surface area contributed by atoms with Crippen LogP contribution in [0.15, 0.2) is 60.7 Å². The number of para-hydroxylation sites is 1. The number of aliphatic hydroxyl groups excluding tert-OH is 1. The van der Waals surface area contributed by atoms with Gasteiger partial charge in [0, 0.05) is 17.0 Å². The third kappa shape index (κ3) is 5.32. The normalized spacial score (nSPS) is 12.3. The number of ether oxygens (including phenoxy) is 2. The van der Waals surface area contributed by atoms with E-state index in [1.165, 1.54) is 18.2 Å². The Morgan fingerprint density at radius 2 is 1.90 bits per heavy atom. The van der Waals surface area contributed by atoms with E-state index in [0.717, 1.165) is 13.4 Å². The van der Waals surface area contributed by atoms with E-state index in [4.69, 9.17) is 16.3 Å². The molecule has 10 heteroatoms. The lowest BCUT2D eigenvalue weighted by Gasteiger charge is -2.16. The van der Waals surface area contributed by atoms with Gasteiger partial charge in [0.05, 0.1) is 30.1 Å². The number of pyridine rings is 1. The van der Waals surface area contributed by atoms with Crippen molar-refractivity contribution in [1.29, 1.82) is 0 Å². The molecule has 1 unspecified atom stereocenters. The summed E-state index contributed by atoms with van der Waals surface area (Å²) in [6.45, 7) is 3.53. The zero-order chi connectivity index (χ0) is 22.8. The molecule has 0 bridgehead atoms. The summed E-state index contributed by atoms with van der Waals surface area (Å²) in [5.41, 5.74) is 0.445. The molecule has 3 rings (SSSR count). The zero-order valence-corrected chi connectivity index (χ0v) is 18.2. The lowest BCUT2D eigenvalue weighted by Crippen LogP contribution is -2.13. The first kappa shape index (κ1) is 22.5. The van der Waals surface area contributed by atoms with E-state index < -0.39 is 22.1 Å². The van der Waals surface area contributed by atoms with Crippen LogP contribution in [0.2, 0.25) is 5.15 Å². The number of carbonyl (C=O) groups excluding carboxylic acids is 1. The first-order valence-electron chi connectivity index (χ1n) is 8.89. The molecule has 1 aromatic heterocycles. The van der Waals surface area contributed by atoms with Gasteiger partial charge in [-0.15, -0.1) is 0 Å².